The normalized spacial score (nSPS) is 10.9. The van der Waals surface area contributed by atoms with Crippen LogP contribution in [0.15, 0.2) is 40.9 Å². The number of benzene rings is 2. The Morgan fingerprint density at radius 3 is 2.38 bits per heavy atom. The Morgan fingerprint density at radius 1 is 1.00 bits per heavy atom. The van der Waals surface area contributed by atoms with E-state index < -0.39 is 11.6 Å². The van der Waals surface area contributed by atoms with Crippen LogP contribution >= 0.6 is 15.9 Å². The minimum absolute atomic E-state index is 0.271. The van der Waals surface area contributed by atoms with E-state index in [4.69, 9.17) is 0 Å². The lowest BCUT2D eigenvalue weighted by atomic mass is 10.1. The highest BCUT2D eigenvalue weighted by Crippen LogP contribution is 2.27. The highest BCUT2D eigenvalue weighted by atomic mass is 79.9. The summed E-state index contributed by atoms with van der Waals surface area (Å²) in [5, 5.41) is 3.80. The van der Waals surface area contributed by atoms with Gasteiger partial charge >= 0.3 is 0 Å². The zero-order valence-corrected chi connectivity index (χ0v) is 12.6. The van der Waals surface area contributed by atoms with Crippen molar-refractivity contribution in [2.24, 2.45) is 0 Å². The molecule has 2 aromatic carbocycles. The van der Waals surface area contributed by atoms with Gasteiger partial charge in [-0.1, -0.05) is 15.9 Å². The molecule has 0 aliphatic rings. The van der Waals surface area contributed by atoms with Crippen molar-refractivity contribution in [1.29, 1.82) is 0 Å². The Labute approximate surface area is 128 Å². The number of halogens is 3. The van der Waals surface area contributed by atoms with Crippen LogP contribution in [0.3, 0.4) is 0 Å². The fourth-order valence-electron chi connectivity index (χ4n) is 2.10. The Hall–Kier alpha value is -2.08. The second kappa shape index (κ2) is 5.37. The van der Waals surface area contributed by atoms with Crippen LogP contribution in [-0.4, -0.2) is 17.0 Å². The van der Waals surface area contributed by atoms with Crippen molar-refractivity contribution < 1.29 is 8.78 Å². The molecule has 0 aliphatic heterocycles. The van der Waals surface area contributed by atoms with E-state index in [9.17, 15) is 8.78 Å². The number of hydrogen-bond acceptors (Lipinski definition) is 3. The molecule has 3 nitrogen and oxygen atoms in total. The Balaban J connectivity index is 2.26. The summed E-state index contributed by atoms with van der Waals surface area (Å²) in [6.45, 7) is 0. The number of rotatable bonds is 2. The van der Waals surface area contributed by atoms with Gasteiger partial charge in [0.1, 0.15) is 17.5 Å². The van der Waals surface area contributed by atoms with Gasteiger partial charge in [-0.25, -0.2) is 18.7 Å². The van der Waals surface area contributed by atoms with E-state index >= 15 is 0 Å². The molecular formula is C15H10BrF2N3. The molecule has 3 aromatic rings. The first-order valence-corrected chi connectivity index (χ1v) is 6.97. The summed E-state index contributed by atoms with van der Waals surface area (Å²) in [5.41, 5.74) is 0.992. The predicted octanol–water partition coefficient (Wildman–Crippen LogP) is 4.38. The number of anilines is 1. The maximum atomic E-state index is 13.3. The number of fused-ring (bicyclic) bond motifs is 1. The van der Waals surface area contributed by atoms with Crippen molar-refractivity contribution in [1.82, 2.24) is 9.97 Å². The average Bonchev–Trinajstić information content (AvgIpc) is 2.45. The Morgan fingerprint density at radius 2 is 1.71 bits per heavy atom. The van der Waals surface area contributed by atoms with Gasteiger partial charge in [-0.15, -0.1) is 0 Å². The number of hydrogen-bond donors (Lipinski definition) is 1. The van der Waals surface area contributed by atoms with E-state index in [1.54, 1.807) is 7.05 Å². The molecule has 0 amide bonds. The highest BCUT2D eigenvalue weighted by Gasteiger charge is 2.11. The fraction of sp³-hybridized carbons (Fsp3) is 0.0667. The van der Waals surface area contributed by atoms with E-state index in [1.165, 1.54) is 12.1 Å². The summed E-state index contributed by atoms with van der Waals surface area (Å²) in [4.78, 5) is 8.71. The third kappa shape index (κ3) is 2.71. The van der Waals surface area contributed by atoms with Gasteiger partial charge in [0.05, 0.1) is 5.52 Å². The summed E-state index contributed by atoms with van der Waals surface area (Å²) in [5.74, 6) is -0.445. The fourth-order valence-corrected chi connectivity index (χ4v) is 2.46. The Kier molecular flexibility index (Phi) is 3.55. The standard InChI is InChI=1S/C15H10BrF2N3/c1-19-15-12-6-9(16)2-3-13(12)20-14(21-15)8-4-10(17)7-11(18)5-8/h2-7H,1H3,(H,19,20,21). The second-order valence-electron chi connectivity index (χ2n) is 4.47. The number of nitrogens with one attached hydrogen (secondary N) is 1. The van der Waals surface area contributed by atoms with Crippen molar-refractivity contribution in [3.8, 4) is 11.4 Å². The first kappa shape index (κ1) is 13.9. The molecule has 106 valence electrons. The van der Waals surface area contributed by atoms with Crippen LogP contribution in [0, 0.1) is 11.6 Å². The lowest BCUT2D eigenvalue weighted by Crippen LogP contribution is -1.99. The van der Waals surface area contributed by atoms with Gasteiger partial charge in [-0.2, -0.15) is 0 Å². The topological polar surface area (TPSA) is 37.8 Å². The SMILES string of the molecule is CNc1nc(-c2cc(F)cc(F)c2)nc2ccc(Br)cc12. The third-order valence-corrected chi connectivity index (χ3v) is 3.51. The molecule has 0 radical (unpaired) electrons. The van der Waals surface area contributed by atoms with Gasteiger partial charge in [-0.3, -0.25) is 0 Å². The Bertz CT molecular complexity index is 816. The van der Waals surface area contributed by atoms with Crippen LogP contribution < -0.4 is 5.32 Å². The monoisotopic (exact) mass is 349 g/mol. The molecule has 1 aromatic heterocycles. The smallest absolute Gasteiger partial charge is 0.162 e. The quantitative estimate of drug-likeness (QED) is 0.745. The molecule has 21 heavy (non-hydrogen) atoms. The molecule has 0 saturated carbocycles. The summed E-state index contributed by atoms with van der Waals surface area (Å²) in [6.07, 6.45) is 0. The van der Waals surface area contributed by atoms with Crippen LogP contribution in [0.25, 0.3) is 22.3 Å². The highest BCUT2D eigenvalue weighted by molar-refractivity contribution is 9.10. The molecule has 0 saturated heterocycles. The van der Waals surface area contributed by atoms with E-state index in [0.717, 1.165) is 15.9 Å². The molecule has 0 aliphatic carbocycles. The van der Waals surface area contributed by atoms with E-state index in [0.29, 0.717) is 16.9 Å². The minimum Gasteiger partial charge on any atom is -0.373 e. The van der Waals surface area contributed by atoms with Crippen molar-refractivity contribution >= 4 is 32.7 Å². The van der Waals surface area contributed by atoms with E-state index in [1.807, 2.05) is 18.2 Å². The zero-order valence-electron chi connectivity index (χ0n) is 11.0. The maximum absolute atomic E-state index is 13.3. The maximum Gasteiger partial charge on any atom is 0.162 e. The summed E-state index contributed by atoms with van der Waals surface area (Å²) in [6, 6.07) is 8.80. The van der Waals surface area contributed by atoms with Crippen LogP contribution in [0.2, 0.25) is 0 Å². The van der Waals surface area contributed by atoms with Crippen LogP contribution in [-0.2, 0) is 0 Å². The predicted molar refractivity (Wildman–Crippen MR) is 82.1 cm³/mol. The number of aromatic nitrogens is 2. The summed E-state index contributed by atoms with van der Waals surface area (Å²) < 4.78 is 27.6. The second-order valence-corrected chi connectivity index (χ2v) is 5.38. The minimum atomic E-state index is -0.657. The van der Waals surface area contributed by atoms with Crippen molar-refractivity contribution in [2.75, 3.05) is 12.4 Å². The van der Waals surface area contributed by atoms with Crippen LogP contribution in [0.4, 0.5) is 14.6 Å². The molecule has 3 rings (SSSR count). The lowest BCUT2D eigenvalue weighted by molar-refractivity contribution is 0.584. The van der Waals surface area contributed by atoms with Crippen molar-refractivity contribution in [3.63, 3.8) is 0 Å². The average molecular weight is 350 g/mol. The van der Waals surface area contributed by atoms with Gasteiger partial charge in [-0.05, 0) is 30.3 Å². The van der Waals surface area contributed by atoms with Crippen LogP contribution in [0.5, 0.6) is 0 Å². The molecule has 0 fully saturated rings. The zero-order chi connectivity index (χ0) is 15.0. The molecule has 0 unspecified atom stereocenters. The summed E-state index contributed by atoms with van der Waals surface area (Å²) in [7, 11) is 1.73. The molecule has 0 bridgehead atoms. The van der Waals surface area contributed by atoms with Gasteiger partial charge in [0, 0.05) is 28.5 Å². The van der Waals surface area contributed by atoms with Crippen LogP contribution in [0.1, 0.15) is 0 Å². The molecule has 0 atom stereocenters. The molecular weight excluding hydrogens is 340 g/mol. The van der Waals surface area contributed by atoms with Crippen molar-refractivity contribution in [3.05, 3.63) is 52.5 Å². The molecule has 1 heterocycles. The van der Waals surface area contributed by atoms with Gasteiger partial charge in [0.15, 0.2) is 5.82 Å². The lowest BCUT2D eigenvalue weighted by Gasteiger charge is -2.09. The largest absolute Gasteiger partial charge is 0.373 e. The molecule has 0 spiro atoms. The van der Waals surface area contributed by atoms with Gasteiger partial charge < -0.3 is 5.32 Å². The van der Waals surface area contributed by atoms with Gasteiger partial charge in [0.25, 0.3) is 0 Å². The summed E-state index contributed by atoms with van der Waals surface area (Å²) >= 11 is 3.40. The first-order valence-electron chi connectivity index (χ1n) is 6.18. The number of nitrogens with zero attached hydrogens (tertiary/aromatic N) is 2. The van der Waals surface area contributed by atoms with Crippen molar-refractivity contribution in [2.45, 2.75) is 0 Å². The molecule has 1 N–H and O–H groups in total. The first-order chi connectivity index (χ1) is 10.1. The van der Waals surface area contributed by atoms with E-state index in [-0.39, 0.29) is 5.82 Å². The van der Waals surface area contributed by atoms with Gasteiger partial charge in [0.2, 0.25) is 0 Å². The molecule has 6 heteroatoms. The third-order valence-electron chi connectivity index (χ3n) is 3.02. The van der Waals surface area contributed by atoms with E-state index in [2.05, 4.69) is 31.2 Å².